The summed E-state index contributed by atoms with van der Waals surface area (Å²) in [5.41, 5.74) is 3.36. The fraction of sp³-hybridized carbons (Fsp3) is 0.278. The van der Waals surface area contributed by atoms with Crippen molar-refractivity contribution < 1.29 is 9.59 Å². The van der Waals surface area contributed by atoms with E-state index in [2.05, 4.69) is 9.97 Å². The largest absolute Gasteiger partial charge is 0.355 e. The lowest BCUT2D eigenvalue weighted by atomic mass is 10.1. The van der Waals surface area contributed by atoms with E-state index in [1.807, 2.05) is 29.8 Å². The van der Waals surface area contributed by atoms with Gasteiger partial charge in [-0.3, -0.25) is 9.59 Å². The van der Waals surface area contributed by atoms with Gasteiger partial charge in [-0.25, -0.2) is 4.98 Å². The molecule has 0 spiro atoms. The lowest BCUT2D eigenvalue weighted by Gasteiger charge is -2.16. The number of Topliss-reactive ketones (excluding diaryl/α,β-unsaturated/α-hetero) is 1. The van der Waals surface area contributed by atoms with Crippen molar-refractivity contribution in [3.05, 3.63) is 51.1 Å². The van der Waals surface area contributed by atoms with E-state index in [9.17, 15) is 9.59 Å². The second-order valence-corrected chi connectivity index (χ2v) is 7.77. The molecule has 0 aliphatic carbocycles. The zero-order chi connectivity index (χ0) is 18.1. The second-order valence-electron chi connectivity index (χ2n) is 5.96. The molecule has 3 aromatic rings. The van der Waals surface area contributed by atoms with Crippen LogP contribution in [0, 0.1) is 13.8 Å². The number of amides is 1. The number of thiophene rings is 1. The first kappa shape index (κ1) is 17.6. The van der Waals surface area contributed by atoms with Crippen molar-refractivity contribution in [1.82, 2.24) is 14.9 Å². The number of nitrogens with one attached hydrogen (secondary N) is 1. The van der Waals surface area contributed by atoms with Crippen LogP contribution in [0.25, 0.3) is 9.88 Å². The van der Waals surface area contributed by atoms with Gasteiger partial charge in [0.05, 0.1) is 28.4 Å². The summed E-state index contributed by atoms with van der Waals surface area (Å²) in [4.78, 5) is 34.9. The Kier molecular flexibility index (Phi) is 4.87. The maximum absolute atomic E-state index is 12.8. The summed E-state index contributed by atoms with van der Waals surface area (Å²) >= 11 is 3.23. The van der Waals surface area contributed by atoms with Gasteiger partial charge < -0.3 is 9.88 Å². The van der Waals surface area contributed by atoms with E-state index < -0.39 is 0 Å². The molecule has 7 heteroatoms. The molecule has 3 aromatic heterocycles. The van der Waals surface area contributed by atoms with Gasteiger partial charge in [-0.05, 0) is 30.9 Å². The van der Waals surface area contributed by atoms with E-state index in [-0.39, 0.29) is 11.7 Å². The molecule has 0 aromatic carbocycles. The summed E-state index contributed by atoms with van der Waals surface area (Å²) in [7, 11) is 1.76. The zero-order valence-corrected chi connectivity index (χ0v) is 16.2. The van der Waals surface area contributed by atoms with Crippen molar-refractivity contribution in [3.63, 3.8) is 0 Å². The first-order valence-electron chi connectivity index (χ1n) is 7.82. The second kappa shape index (κ2) is 6.93. The number of carbonyl (C=O) groups excluding carboxylic acids is 2. The number of aromatic amines is 1. The van der Waals surface area contributed by atoms with Gasteiger partial charge in [-0.15, -0.1) is 22.7 Å². The number of rotatable bonds is 5. The van der Waals surface area contributed by atoms with Crippen molar-refractivity contribution in [2.45, 2.75) is 27.3 Å². The molecule has 1 N–H and O–H groups in total. The van der Waals surface area contributed by atoms with Gasteiger partial charge in [0.1, 0.15) is 5.01 Å². The van der Waals surface area contributed by atoms with E-state index in [1.54, 1.807) is 41.5 Å². The summed E-state index contributed by atoms with van der Waals surface area (Å²) in [6, 6.07) is 4.04. The predicted octanol–water partition coefficient (Wildman–Crippen LogP) is 4.29. The fourth-order valence-electron chi connectivity index (χ4n) is 2.82. The third-order valence-corrected chi connectivity index (χ3v) is 5.96. The SMILES string of the molecule is CC(=O)c1[nH]c(C)c(C(=O)N(C)Cc2csc(-c3cccs3)n2)c1C. The number of nitrogens with zero attached hydrogens (tertiary/aromatic N) is 2. The smallest absolute Gasteiger partial charge is 0.256 e. The minimum Gasteiger partial charge on any atom is -0.355 e. The number of hydrogen-bond acceptors (Lipinski definition) is 5. The van der Waals surface area contributed by atoms with Crippen molar-refractivity contribution in [1.29, 1.82) is 0 Å². The minimum absolute atomic E-state index is 0.0672. The molecule has 0 atom stereocenters. The average Bonchev–Trinajstić information content (AvgIpc) is 3.27. The number of carbonyl (C=O) groups is 2. The summed E-state index contributed by atoms with van der Waals surface area (Å²) in [5.74, 6) is -0.174. The van der Waals surface area contributed by atoms with Gasteiger partial charge in [-0.1, -0.05) is 6.07 Å². The maximum Gasteiger partial charge on any atom is 0.256 e. The fourth-order valence-corrected chi connectivity index (χ4v) is 4.45. The van der Waals surface area contributed by atoms with Crippen LogP contribution in [0.4, 0.5) is 0 Å². The van der Waals surface area contributed by atoms with E-state index in [0.29, 0.717) is 23.4 Å². The molecule has 25 heavy (non-hydrogen) atoms. The van der Waals surface area contributed by atoms with Crippen LogP contribution in [0.3, 0.4) is 0 Å². The number of aryl methyl sites for hydroxylation is 1. The number of aromatic nitrogens is 2. The lowest BCUT2D eigenvalue weighted by Crippen LogP contribution is -2.27. The average molecular weight is 374 g/mol. The van der Waals surface area contributed by atoms with E-state index >= 15 is 0 Å². The van der Waals surface area contributed by atoms with Gasteiger partial charge >= 0.3 is 0 Å². The summed E-state index contributed by atoms with van der Waals surface area (Å²) in [6.45, 7) is 5.55. The third-order valence-electron chi connectivity index (χ3n) is 4.03. The van der Waals surface area contributed by atoms with E-state index in [0.717, 1.165) is 21.3 Å². The first-order chi connectivity index (χ1) is 11.9. The van der Waals surface area contributed by atoms with Gasteiger partial charge in [0.15, 0.2) is 5.78 Å². The highest BCUT2D eigenvalue weighted by Gasteiger charge is 2.23. The van der Waals surface area contributed by atoms with Crippen LogP contribution in [0.5, 0.6) is 0 Å². The monoisotopic (exact) mass is 373 g/mol. The molecular formula is C18H19N3O2S2. The Morgan fingerprint density at radius 3 is 2.64 bits per heavy atom. The van der Waals surface area contributed by atoms with Crippen LogP contribution in [0.1, 0.15) is 44.7 Å². The van der Waals surface area contributed by atoms with Crippen LogP contribution < -0.4 is 0 Å². The zero-order valence-electron chi connectivity index (χ0n) is 14.5. The Morgan fingerprint density at radius 1 is 1.28 bits per heavy atom. The minimum atomic E-state index is -0.107. The molecule has 3 rings (SSSR count). The Bertz CT molecular complexity index is 922. The molecule has 0 aliphatic rings. The number of hydrogen-bond donors (Lipinski definition) is 1. The third kappa shape index (κ3) is 3.43. The molecular weight excluding hydrogens is 354 g/mol. The summed E-state index contributed by atoms with van der Waals surface area (Å²) < 4.78 is 0. The number of thiazole rings is 1. The van der Waals surface area contributed by atoms with E-state index in [4.69, 9.17) is 0 Å². The van der Waals surface area contributed by atoms with Crippen LogP contribution in [0.2, 0.25) is 0 Å². The Labute approximate surface area is 154 Å². The molecule has 130 valence electrons. The topological polar surface area (TPSA) is 66.1 Å². The molecule has 0 unspecified atom stereocenters. The van der Waals surface area contributed by atoms with Crippen molar-refractivity contribution in [2.75, 3.05) is 7.05 Å². The Balaban J connectivity index is 1.79. The van der Waals surface area contributed by atoms with Gasteiger partial charge in [-0.2, -0.15) is 0 Å². The highest BCUT2D eigenvalue weighted by molar-refractivity contribution is 7.20. The van der Waals surface area contributed by atoms with Crippen molar-refractivity contribution >= 4 is 34.4 Å². The molecule has 5 nitrogen and oxygen atoms in total. The highest BCUT2D eigenvalue weighted by Crippen LogP contribution is 2.28. The molecule has 0 saturated carbocycles. The molecule has 0 fully saturated rings. The van der Waals surface area contributed by atoms with Crippen molar-refractivity contribution in [3.8, 4) is 9.88 Å². The van der Waals surface area contributed by atoms with Crippen molar-refractivity contribution in [2.24, 2.45) is 0 Å². The first-order valence-corrected chi connectivity index (χ1v) is 9.58. The quantitative estimate of drug-likeness (QED) is 0.679. The molecule has 0 bridgehead atoms. The van der Waals surface area contributed by atoms with Crippen LogP contribution in [-0.4, -0.2) is 33.6 Å². The standard InChI is InChI=1S/C18H19N3O2S2/c1-10-15(11(2)19-16(10)12(3)22)18(23)21(4)8-13-9-25-17(20-13)14-6-5-7-24-14/h5-7,9,19H,8H2,1-4H3. The number of H-pyrrole nitrogens is 1. The summed E-state index contributed by atoms with van der Waals surface area (Å²) in [5, 5.41) is 4.98. The molecule has 0 aliphatic heterocycles. The van der Waals surface area contributed by atoms with Gasteiger partial charge in [0.25, 0.3) is 5.91 Å². The van der Waals surface area contributed by atoms with Crippen LogP contribution in [-0.2, 0) is 6.54 Å². The predicted molar refractivity (Wildman–Crippen MR) is 101 cm³/mol. The Morgan fingerprint density at radius 2 is 2.04 bits per heavy atom. The lowest BCUT2D eigenvalue weighted by molar-refractivity contribution is 0.0782. The number of ketones is 1. The molecule has 1 amide bonds. The van der Waals surface area contributed by atoms with Crippen LogP contribution in [0.15, 0.2) is 22.9 Å². The molecule has 0 saturated heterocycles. The Hall–Kier alpha value is -2.25. The highest BCUT2D eigenvalue weighted by atomic mass is 32.1. The normalized spacial score (nSPS) is 10.9. The maximum atomic E-state index is 12.8. The molecule has 0 radical (unpaired) electrons. The van der Waals surface area contributed by atoms with Gasteiger partial charge in [0, 0.05) is 25.0 Å². The van der Waals surface area contributed by atoms with Gasteiger partial charge in [0.2, 0.25) is 0 Å². The summed E-state index contributed by atoms with van der Waals surface area (Å²) in [6.07, 6.45) is 0. The molecule has 3 heterocycles. The van der Waals surface area contributed by atoms with Crippen LogP contribution >= 0.6 is 22.7 Å². The van der Waals surface area contributed by atoms with E-state index in [1.165, 1.54) is 6.92 Å².